The molecule has 18 heavy (non-hydrogen) atoms. The van der Waals surface area contributed by atoms with Crippen LogP contribution in [0.1, 0.15) is 17.5 Å². The number of hydrogen-bond acceptors (Lipinski definition) is 3. The summed E-state index contributed by atoms with van der Waals surface area (Å²) in [5, 5.41) is 11.6. The van der Waals surface area contributed by atoms with Crippen molar-refractivity contribution in [1.82, 2.24) is 4.90 Å². The lowest BCUT2D eigenvalue weighted by Crippen LogP contribution is -2.28. The van der Waals surface area contributed by atoms with Crippen LogP contribution in [0.4, 0.5) is 0 Å². The van der Waals surface area contributed by atoms with Gasteiger partial charge in [0.25, 0.3) is 0 Å². The van der Waals surface area contributed by atoms with Crippen LogP contribution in [0, 0.1) is 12.8 Å². The molecule has 3 N–H and O–H groups in total. The van der Waals surface area contributed by atoms with E-state index in [-0.39, 0.29) is 17.7 Å². The van der Waals surface area contributed by atoms with Crippen LogP contribution >= 0.6 is 0 Å². The molecule has 5 heteroatoms. The second-order valence-electron chi connectivity index (χ2n) is 4.69. The molecule has 1 saturated heterocycles. The first-order chi connectivity index (χ1) is 8.60. The molecule has 1 aliphatic heterocycles. The van der Waals surface area contributed by atoms with Crippen LogP contribution in [0.2, 0.25) is 0 Å². The summed E-state index contributed by atoms with van der Waals surface area (Å²) in [7, 11) is 0. The minimum absolute atomic E-state index is 0.0483. The second kappa shape index (κ2) is 5.08. The lowest BCUT2D eigenvalue weighted by Gasteiger charge is -2.16. The third kappa shape index (κ3) is 2.61. The van der Waals surface area contributed by atoms with Gasteiger partial charge < -0.3 is 15.8 Å². The number of rotatable bonds is 3. The van der Waals surface area contributed by atoms with Gasteiger partial charge in [0.05, 0.1) is 0 Å². The summed E-state index contributed by atoms with van der Waals surface area (Å²) in [5.41, 5.74) is 7.82. The summed E-state index contributed by atoms with van der Waals surface area (Å²) in [5.74, 6) is 0.00915. The Morgan fingerprint density at radius 2 is 2.17 bits per heavy atom. The molecule has 1 aromatic carbocycles. The first-order valence-corrected chi connectivity index (χ1v) is 5.91. The molecular weight excluding hydrogens is 230 g/mol. The molecule has 2 rings (SSSR count). The molecule has 1 unspecified atom stereocenters. The molecule has 0 spiro atoms. The van der Waals surface area contributed by atoms with Gasteiger partial charge in [-0.2, -0.15) is 0 Å². The van der Waals surface area contributed by atoms with Gasteiger partial charge in [0.2, 0.25) is 5.91 Å². The van der Waals surface area contributed by atoms with Gasteiger partial charge in [0.1, 0.15) is 5.84 Å². The third-order valence-corrected chi connectivity index (χ3v) is 3.24. The van der Waals surface area contributed by atoms with Gasteiger partial charge in [0, 0.05) is 25.4 Å². The minimum Gasteiger partial charge on any atom is -0.409 e. The van der Waals surface area contributed by atoms with E-state index in [0.717, 1.165) is 5.56 Å². The Morgan fingerprint density at radius 3 is 2.78 bits per heavy atom. The summed E-state index contributed by atoms with van der Waals surface area (Å²) in [6.07, 6.45) is 0.321. The van der Waals surface area contributed by atoms with Gasteiger partial charge in [-0.15, -0.1) is 0 Å². The monoisotopic (exact) mass is 247 g/mol. The maximum atomic E-state index is 11.8. The maximum absolute atomic E-state index is 11.8. The second-order valence-corrected chi connectivity index (χ2v) is 4.69. The number of benzene rings is 1. The quantitative estimate of drug-likeness (QED) is 0.363. The topological polar surface area (TPSA) is 78.9 Å². The third-order valence-electron chi connectivity index (χ3n) is 3.24. The molecule has 96 valence electrons. The number of nitrogens with zero attached hydrogens (tertiary/aromatic N) is 2. The first kappa shape index (κ1) is 12.4. The molecule has 0 aliphatic carbocycles. The zero-order valence-electron chi connectivity index (χ0n) is 10.3. The van der Waals surface area contributed by atoms with Gasteiger partial charge in [-0.25, -0.2) is 0 Å². The predicted molar refractivity (Wildman–Crippen MR) is 68.1 cm³/mol. The highest BCUT2D eigenvalue weighted by atomic mass is 16.4. The molecule has 1 heterocycles. The van der Waals surface area contributed by atoms with E-state index in [4.69, 9.17) is 10.9 Å². The molecule has 1 aromatic rings. The van der Waals surface area contributed by atoms with Gasteiger partial charge >= 0.3 is 0 Å². The van der Waals surface area contributed by atoms with Crippen molar-refractivity contribution >= 4 is 11.7 Å². The maximum Gasteiger partial charge on any atom is 0.223 e. The summed E-state index contributed by atoms with van der Waals surface area (Å²) in [4.78, 5) is 13.6. The molecule has 5 nitrogen and oxygen atoms in total. The summed E-state index contributed by atoms with van der Waals surface area (Å²) in [6.45, 7) is 3.12. The summed E-state index contributed by atoms with van der Waals surface area (Å²) in [6, 6.07) is 8.08. The van der Waals surface area contributed by atoms with Gasteiger partial charge in [-0.05, 0) is 12.5 Å². The van der Waals surface area contributed by atoms with E-state index in [1.165, 1.54) is 5.56 Å². The van der Waals surface area contributed by atoms with Crippen molar-refractivity contribution in [3.8, 4) is 0 Å². The fourth-order valence-electron chi connectivity index (χ4n) is 2.12. The van der Waals surface area contributed by atoms with Crippen molar-refractivity contribution in [2.24, 2.45) is 16.8 Å². The number of amides is 1. The van der Waals surface area contributed by atoms with Crippen LogP contribution in [-0.2, 0) is 11.3 Å². The highest BCUT2D eigenvalue weighted by molar-refractivity contribution is 5.91. The van der Waals surface area contributed by atoms with E-state index < -0.39 is 0 Å². The molecule has 1 amide bonds. The van der Waals surface area contributed by atoms with Crippen molar-refractivity contribution in [2.75, 3.05) is 6.54 Å². The Bertz CT molecular complexity index is 468. The molecular formula is C13H17N3O2. The van der Waals surface area contributed by atoms with Gasteiger partial charge in [-0.1, -0.05) is 35.0 Å². The average Bonchev–Trinajstić information content (AvgIpc) is 2.73. The molecule has 1 atom stereocenters. The van der Waals surface area contributed by atoms with Crippen LogP contribution in [0.15, 0.2) is 29.4 Å². The Morgan fingerprint density at radius 1 is 1.50 bits per heavy atom. The number of amidine groups is 1. The minimum atomic E-state index is -0.173. The van der Waals surface area contributed by atoms with E-state index in [1.807, 2.05) is 31.2 Å². The Hall–Kier alpha value is -2.04. The standard InChI is InChI=1S/C13H17N3O2/c1-9-2-4-10(5-3-9)7-16-8-11(6-12(16)17)13(14)15-18/h2-5,11,18H,6-8H2,1H3,(H2,14,15). The highest BCUT2D eigenvalue weighted by Gasteiger charge is 2.32. The largest absolute Gasteiger partial charge is 0.409 e. The fraction of sp³-hybridized carbons (Fsp3) is 0.385. The normalized spacial score (nSPS) is 20.5. The molecule has 0 bridgehead atoms. The van der Waals surface area contributed by atoms with Crippen LogP contribution < -0.4 is 5.73 Å². The Balaban J connectivity index is 2.02. The molecule has 1 aliphatic rings. The molecule has 1 fully saturated rings. The van der Waals surface area contributed by atoms with Crippen molar-refractivity contribution in [2.45, 2.75) is 19.9 Å². The lowest BCUT2D eigenvalue weighted by molar-refractivity contribution is -0.128. The van der Waals surface area contributed by atoms with Crippen LogP contribution in [-0.4, -0.2) is 28.4 Å². The van der Waals surface area contributed by atoms with E-state index in [1.54, 1.807) is 4.90 Å². The number of likely N-dealkylation sites (tertiary alicyclic amines) is 1. The number of carbonyl (C=O) groups is 1. The predicted octanol–water partition coefficient (Wildman–Crippen LogP) is 1.09. The van der Waals surface area contributed by atoms with Gasteiger partial charge in [0.15, 0.2) is 0 Å². The number of carbonyl (C=O) groups excluding carboxylic acids is 1. The number of aryl methyl sites for hydroxylation is 1. The van der Waals surface area contributed by atoms with E-state index in [2.05, 4.69) is 5.16 Å². The Kier molecular flexibility index (Phi) is 3.50. The highest BCUT2D eigenvalue weighted by Crippen LogP contribution is 2.20. The number of oxime groups is 1. The Labute approximate surface area is 106 Å². The fourth-order valence-corrected chi connectivity index (χ4v) is 2.12. The number of hydrogen-bond donors (Lipinski definition) is 2. The van der Waals surface area contributed by atoms with Crippen molar-refractivity contribution in [3.63, 3.8) is 0 Å². The molecule has 0 aromatic heterocycles. The first-order valence-electron chi connectivity index (χ1n) is 5.91. The zero-order chi connectivity index (χ0) is 13.1. The zero-order valence-corrected chi connectivity index (χ0v) is 10.3. The van der Waals surface area contributed by atoms with E-state index in [0.29, 0.717) is 19.5 Å². The number of nitrogens with two attached hydrogens (primary N) is 1. The van der Waals surface area contributed by atoms with E-state index >= 15 is 0 Å². The van der Waals surface area contributed by atoms with Gasteiger partial charge in [-0.3, -0.25) is 4.79 Å². The van der Waals surface area contributed by atoms with Crippen molar-refractivity contribution in [1.29, 1.82) is 0 Å². The van der Waals surface area contributed by atoms with Crippen molar-refractivity contribution < 1.29 is 10.0 Å². The summed E-state index contributed by atoms with van der Waals surface area (Å²) >= 11 is 0. The average molecular weight is 247 g/mol. The van der Waals surface area contributed by atoms with Crippen LogP contribution in [0.25, 0.3) is 0 Å². The van der Waals surface area contributed by atoms with E-state index in [9.17, 15) is 4.79 Å². The molecule has 0 saturated carbocycles. The SMILES string of the molecule is Cc1ccc(CN2CC(C(N)=NO)CC2=O)cc1. The summed E-state index contributed by atoms with van der Waals surface area (Å²) < 4.78 is 0. The van der Waals surface area contributed by atoms with Crippen molar-refractivity contribution in [3.05, 3.63) is 35.4 Å². The molecule has 0 radical (unpaired) electrons. The smallest absolute Gasteiger partial charge is 0.223 e. The lowest BCUT2D eigenvalue weighted by atomic mass is 10.1. The van der Waals surface area contributed by atoms with Crippen LogP contribution in [0.3, 0.4) is 0 Å². The van der Waals surface area contributed by atoms with Crippen LogP contribution in [0.5, 0.6) is 0 Å².